The second-order valence-corrected chi connectivity index (χ2v) is 8.60. The lowest BCUT2D eigenvalue weighted by atomic mass is 10.1. The third-order valence-electron chi connectivity index (χ3n) is 3.97. The van der Waals surface area contributed by atoms with Crippen molar-refractivity contribution in [1.82, 2.24) is 19.9 Å². The quantitative estimate of drug-likeness (QED) is 0.546. The Hall–Kier alpha value is -3.29. The Bertz CT molecular complexity index is 1290. The molecule has 0 unspecified atom stereocenters. The van der Waals surface area contributed by atoms with Crippen molar-refractivity contribution in [2.24, 2.45) is 0 Å². The van der Waals surface area contributed by atoms with Crippen molar-refractivity contribution >= 4 is 38.0 Å². The summed E-state index contributed by atoms with van der Waals surface area (Å²) in [4.78, 5) is 15.5. The lowest BCUT2D eigenvalue weighted by Crippen LogP contribution is -2.13. The Morgan fingerprint density at radius 2 is 2.00 bits per heavy atom. The molecule has 0 aliphatic carbocycles. The highest BCUT2D eigenvalue weighted by Crippen LogP contribution is 2.32. The lowest BCUT2D eigenvalue weighted by Gasteiger charge is -2.08. The van der Waals surface area contributed by atoms with Crippen molar-refractivity contribution in [2.75, 3.05) is 4.72 Å². The predicted molar refractivity (Wildman–Crippen MR) is 102 cm³/mol. The summed E-state index contributed by atoms with van der Waals surface area (Å²) in [6, 6.07) is 5.53. The number of anilines is 1. The largest absolute Gasteiger partial charge is 0.358 e. The van der Waals surface area contributed by atoms with Crippen molar-refractivity contribution < 1.29 is 8.42 Å². The van der Waals surface area contributed by atoms with Crippen LogP contribution in [0.5, 0.6) is 0 Å². The van der Waals surface area contributed by atoms with E-state index in [0.717, 1.165) is 16.9 Å². The number of nitriles is 1. The predicted octanol–water partition coefficient (Wildman–Crippen LogP) is 3.06. The molecule has 0 radical (unpaired) electrons. The minimum Gasteiger partial charge on any atom is -0.358 e. The van der Waals surface area contributed by atoms with Gasteiger partial charge in [-0.3, -0.25) is 4.72 Å². The maximum atomic E-state index is 12.8. The SMILES string of the molecule is Cc1ccc(NS(=O)(=O)c2ncc(-c3cncnc3)s2)c2[nH]cc(C#N)c12. The van der Waals surface area contributed by atoms with Crippen LogP contribution < -0.4 is 4.72 Å². The molecule has 3 aromatic heterocycles. The molecule has 0 atom stereocenters. The average Bonchev–Trinajstić information content (AvgIpc) is 3.32. The normalized spacial score (nSPS) is 11.4. The molecule has 4 rings (SSSR count). The molecule has 10 heteroatoms. The summed E-state index contributed by atoms with van der Waals surface area (Å²) in [7, 11) is -3.89. The summed E-state index contributed by atoms with van der Waals surface area (Å²) >= 11 is 1.03. The maximum Gasteiger partial charge on any atom is 0.289 e. The van der Waals surface area contributed by atoms with E-state index in [4.69, 9.17) is 0 Å². The minimum atomic E-state index is -3.89. The maximum absolute atomic E-state index is 12.8. The lowest BCUT2D eigenvalue weighted by molar-refractivity contribution is 0.600. The number of sulfonamides is 1. The molecule has 0 bridgehead atoms. The van der Waals surface area contributed by atoms with Crippen LogP contribution in [0.25, 0.3) is 21.3 Å². The summed E-state index contributed by atoms with van der Waals surface area (Å²) in [6.45, 7) is 1.87. The summed E-state index contributed by atoms with van der Waals surface area (Å²) in [6.07, 6.45) is 7.63. The molecule has 3 heterocycles. The smallest absolute Gasteiger partial charge is 0.289 e. The number of aromatic nitrogens is 4. The van der Waals surface area contributed by atoms with Gasteiger partial charge in [-0.05, 0) is 18.6 Å². The zero-order chi connectivity index (χ0) is 19.0. The molecule has 4 aromatic rings. The van der Waals surface area contributed by atoms with Crippen molar-refractivity contribution in [1.29, 1.82) is 5.26 Å². The minimum absolute atomic E-state index is 0.0675. The number of hydrogen-bond donors (Lipinski definition) is 2. The van der Waals surface area contributed by atoms with Gasteiger partial charge in [0, 0.05) is 35.7 Å². The van der Waals surface area contributed by atoms with E-state index in [2.05, 4.69) is 30.7 Å². The molecule has 0 amide bonds. The number of rotatable bonds is 4. The highest BCUT2D eigenvalue weighted by atomic mass is 32.2. The van der Waals surface area contributed by atoms with Gasteiger partial charge in [-0.25, -0.2) is 15.0 Å². The van der Waals surface area contributed by atoms with E-state index in [1.165, 1.54) is 12.5 Å². The molecule has 0 fully saturated rings. The summed E-state index contributed by atoms with van der Waals surface area (Å²) < 4.78 is 28.0. The Balaban J connectivity index is 1.72. The molecule has 0 aliphatic heterocycles. The van der Waals surface area contributed by atoms with E-state index >= 15 is 0 Å². The van der Waals surface area contributed by atoms with Crippen molar-refractivity contribution in [3.63, 3.8) is 0 Å². The number of H-pyrrole nitrogens is 1. The van der Waals surface area contributed by atoms with Crippen molar-refractivity contribution in [3.05, 3.63) is 54.4 Å². The number of nitrogens with one attached hydrogen (secondary N) is 2. The van der Waals surface area contributed by atoms with Gasteiger partial charge in [-0.2, -0.15) is 13.7 Å². The third-order valence-corrected chi connectivity index (χ3v) is 6.77. The van der Waals surface area contributed by atoms with Gasteiger partial charge >= 0.3 is 0 Å². The van der Waals surface area contributed by atoms with Crippen LogP contribution in [0.3, 0.4) is 0 Å². The zero-order valence-electron chi connectivity index (χ0n) is 14.0. The van der Waals surface area contributed by atoms with Gasteiger partial charge in [-0.1, -0.05) is 6.07 Å². The average molecular weight is 396 g/mol. The van der Waals surface area contributed by atoms with Gasteiger partial charge in [0.05, 0.1) is 21.6 Å². The van der Waals surface area contributed by atoms with Gasteiger partial charge in [0.15, 0.2) is 0 Å². The van der Waals surface area contributed by atoms with Crippen molar-refractivity contribution in [2.45, 2.75) is 11.3 Å². The van der Waals surface area contributed by atoms with Gasteiger partial charge in [0.2, 0.25) is 4.34 Å². The Kier molecular flexibility index (Phi) is 4.10. The highest BCUT2D eigenvalue weighted by molar-refractivity contribution is 7.94. The second kappa shape index (κ2) is 6.46. The first-order valence-corrected chi connectivity index (χ1v) is 10.0. The molecule has 2 N–H and O–H groups in total. The summed E-state index contributed by atoms with van der Waals surface area (Å²) in [5, 5.41) is 9.93. The fourth-order valence-electron chi connectivity index (χ4n) is 2.72. The topological polar surface area (TPSA) is 124 Å². The van der Waals surface area contributed by atoms with Crippen LogP contribution in [0.1, 0.15) is 11.1 Å². The van der Waals surface area contributed by atoms with Crippen LogP contribution in [0, 0.1) is 18.3 Å². The molecule has 1 aromatic carbocycles. The van der Waals surface area contributed by atoms with Gasteiger partial charge < -0.3 is 4.98 Å². The number of thiazole rings is 1. The highest BCUT2D eigenvalue weighted by Gasteiger charge is 2.22. The summed E-state index contributed by atoms with van der Waals surface area (Å²) in [5.41, 5.74) is 2.95. The molecule has 0 spiro atoms. The summed E-state index contributed by atoms with van der Waals surface area (Å²) in [5.74, 6) is 0. The first-order valence-electron chi connectivity index (χ1n) is 7.74. The fraction of sp³-hybridized carbons (Fsp3) is 0.0588. The van der Waals surface area contributed by atoms with E-state index in [9.17, 15) is 13.7 Å². The number of aryl methyl sites for hydroxylation is 1. The standard InChI is InChI=1S/C17H12N6O2S2/c1-10-2-3-13(16-15(10)11(4-18)7-21-16)23-27(24,25)17-22-8-14(26-17)12-5-19-9-20-6-12/h2-3,5-9,21,23H,1H3. The number of benzene rings is 1. The Morgan fingerprint density at radius 1 is 1.22 bits per heavy atom. The van der Waals surface area contributed by atoms with Crippen LogP contribution in [0.2, 0.25) is 0 Å². The van der Waals surface area contributed by atoms with E-state index in [1.54, 1.807) is 30.7 Å². The number of aromatic amines is 1. The second-order valence-electron chi connectivity index (χ2n) is 5.72. The van der Waals surface area contributed by atoms with Crippen LogP contribution in [-0.4, -0.2) is 28.4 Å². The number of fused-ring (bicyclic) bond motifs is 1. The molecule has 134 valence electrons. The fourth-order valence-corrected chi connectivity index (χ4v) is 4.92. The first kappa shape index (κ1) is 17.1. The first-order chi connectivity index (χ1) is 13.0. The molecule has 0 saturated carbocycles. The molecule has 0 aliphatic rings. The molecule has 0 saturated heterocycles. The molecular formula is C17H12N6O2S2. The Labute approximate surface area is 158 Å². The monoisotopic (exact) mass is 396 g/mol. The van der Waals surface area contributed by atoms with Crippen LogP contribution >= 0.6 is 11.3 Å². The Morgan fingerprint density at radius 3 is 2.74 bits per heavy atom. The van der Waals surface area contributed by atoms with E-state index in [-0.39, 0.29) is 4.34 Å². The molecular weight excluding hydrogens is 384 g/mol. The number of nitrogens with zero attached hydrogens (tertiary/aromatic N) is 4. The van der Waals surface area contributed by atoms with Crippen LogP contribution in [0.4, 0.5) is 5.69 Å². The van der Waals surface area contributed by atoms with Crippen molar-refractivity contribution in [3.8, 4) is 16.5 Å². The van der Waals surface area contributed by atoms with Crippen LogP contribution in [0.15, 0.2) is 47.6 Å². The van der Waals surface area contributed by atoms with Gasteiger partial charge in [0.1, 0.15) is 12.4 Å². The van der Waals surface area contributed by atoms with E-state index < -0.39 is 10.0 Å². The van der Waals surface area contributed by atoms with Gasteiger partial charge in [0.25, 0.3) is 10.0 Å². The number of hydrogen-bond acceptors (Lipinski definition) is 7. The van der Waals surface area contributed by atoms with Gasteiger partial charge in [-0.15, -0.1) is 11.3 Å². The molecule has 27 heavy (non-hydrogen) atoms. The van der Waals surface area contributed by atoms with E-state index in [0.29, 0.717) is 32.6 Å². The molecule has 8 nitrogen and oxygen atoms in total. The third kappa shape index (κ3) is 3.03. The van der Waals surface area contributed by atoms with Crippen LogP contribution in [-0.2, 0) is 10.0 Å². The zero-order valence-corrected chi connectivity index (χ0v) is 15.6. The van der Waals surface area contributed by atoms with E-state index in [1.807, 2.05) is 6.92 Å².